The van der Waals surface area contributed by atoms with E-state index in [0.717, 1.165) is 29.0 Å². The molecule has 0 radical (unpaired) electrons. The Kier molecular flexibility index (Phi) is 3.84. The first-order valence-corrected chi connectivity index (χ1v) is 7.24. The molecule has 106 valence electrons. The summed E-state index contributed by atoms with van der Waals surface area (Å²) in [5.74, 6) is 0.983. The van der Waals surface area contributed by atoms with Crippen LogP contribution in [0.5, 0.6) is 0 Å². The van der Waals surface area contributed by atoms with Crippen LogP contribution < -0.4 is 10.6 Å². The molecule has 3 heteroatoms. The first kappa shape index (κ1) is 13.6. The number of anilines is 2. The third kappa shape index (κ3) is 2.48. The molecule has 3 aromatic rings. The molecular formula is C18H19N3. The number of benzene rings is 2. The number of hydrogen-bond donors (Lipinski definition) is 1. The second-order valence-corrected chi connectivity index (χ2v) is 4.94. The highest BCUT2D eigenvalue weighted by Crippen LogP contribution is 2.31. The second-order valence-electron chi connectivity index (χ2n) is 4.94. The summed E-state index contributed by atoms with van der Waals surface area (Å²) in [6.45, 7) is 3.51. The van der Waals surface area contributed by atoms with Crippen molar-refractivity contribution in [2.75, 3.05) is 11.4 Å². The minimum absolute atomic E-state index is 0.505. The summed E-state index contributed by atoms with van der Waals surface area (Å²) in [7, 11) is 0. The molecule has 3 nitrogen and oxygen atoms in total. The van der Waals surface area contributed by atoms with Gasteiger partial charge in [0.2, 0.25) is 0 Å². The predicted octanol–water partition coefficient (Wildman–Crippen LogP) is 3.85. The van der Waals surface area contributed by atoms with Gasteiger partial charge in [-0.15, -0.1) is 0 Å². The lowest BCUT2D eigenvalue weighted by Gasteiger charge is -2.24. The van der Waals surface area contributed by atoms with E-state index in [1.807, 2.05) is 24.4 Å². The molecule has 0 fully saturated rings. The fraction of sp³-hybridized carbons (Fsp3) is 0.167. The molecule has 0 aliphatic carbocycles. The van der Waals surface area contributed by atoms with Crippen molar-refractivity contribution < 1.29 is 0 Å². The number of aromatic nitrogens is 1. The van der Waals surface area contributed by atoms with Crippen LogP contribution in [0.15, 0.2) is 60.8 Å². The Balaban J connectivity index is 2.20. The lowest BCUT2D eigenvalue weighted by molar-refractivity contribution is 0.987. The third-order valence-corrected chi connectivity index (χ3v) is 3.72. The maximum atomic E-state index is 5.83. The van der Waals surface area contributed by atoms with Gasteiger partial charge in [-0.3, -0.25) is 0 Å². The van der Waals surface area contributed by atoms with Gasteiger partial charge in [-0.05, 0) is 30.0 Å². The molecule has 0 saturated heterocycles. The van der Waals surface area contributed by atoms with Crippen molar-refractivity contribution in [3.05, 3.63) is 66.4 Å². The minimum Gasteiger partial charge on any atom is -0.326 e. The van der Waals surface area contributed by atoms with Crippen molar-refractivity contribution in [3.63, 3.8) is 0 Å². The largest absolute Gasteiger partial charge is 0.326 e. The Morgan fingerprint density at radius 3 is 2.29 bits per heavy atom. The lowest BCUT2D eigenvalue weighted by atomic mass is 10.1. The van der Waals surface area contributed by atoms with Gasteiger partial charge in [-0.25, -0.2) is 4.98 Å². The fourth-order valence-electron chi connectivity index (χ4n) is 2.68. The maximum Gasteiger partial charge on any atom is 0.140 e. The number of nitrogens with two attached hydrogens (primary N) is 1. The molecule has 3 rings (SSSR count). The van der Waals surface area contributed by atoms with Gasteiger partial charge >= 0.3 is 0 Å². The van der Waals surface area contributed by atoms with Gasteiger partial charge in [-0.2, -0.15) is 0 Å². The van der Waals surface area contributed by atoms with E-state index in [2.05, 4.69) is 53.2 Å². The van der Waals surface area contributed by atoms with Crippen molar-refractivity contribution in [1.29, 1.82) is 0 Å². The molecule has 0 aliphatic rings. The molecular weight excluding hydrogens is 258 g/mol. The first-order chi connectivity index (χ1) is 10.3. The van der Waals surface area contributed by atoms with Gasteiger partial charge in [0.15, 0.2) is 0 Å². The van der Waals surface area contributed by atoms with Crippen LogP contribution in [0.3, 0.4) is 0 Å². The van der Waals surface area contributed by atoms with Crippen LogP contribution >= 0.6 is 0 Å². The average Bonchev–Trinajstić information content (AvgIpc) is 2.56. The molecule has 1 heterocycles. The van der Waals surface area contributed by atoms with Crippen molar-refractivity contribution in [2.45, 2.75) is 13.5 Å². The number of pyridine rings is 1. The molecule has 0 aliphatic heterocycles. The molecule has 0 bridgehead atoms. The summed E-state index contributed by atoms with van der Waals surface area (Å²) in [6.07, 6.45) is 1.89. The Morgan fingerprint density at radius 1 is 0.952 bits per heavy atom. The van der Waals surface area contributed by atoms with Gasteiger partial charge in [0.05, 0.1) is 0 Å². The van der Waals surface area contributed by atoms with Gasteiger partial charge < -0.3 is 10.6 Å². The Bertz CT molecular complexity index is 738. The van der Waals surface area contributed by atoms with E-state index in [0.29, 0.717) is 6.54 Å². The quantitative estimate of drug-likeness (QED) is 0.787. The summed E-state index contributed by atoms with van der Waals surface area (Å²) in [5.41, 5.74) is 8.07. The van der Waals surface area contributed by atoms with E-state index in [9.17, 15) is 0 Å². The summed E-state index contributed by atoms with van der Waals surface area (Å²) in [5, 5.41) is 2.32. The number of nitrogens with zero attached hydrogens (tertiary/aromatic N) is 2. The summed E-state index contributed by atoms with van der Waals surface area (Å²) in [6, 6.07) is 18.7. The monoisotopic (exact) mass is 277 g/mol. The summed E-state index contributed by atoms with van der Waals surface area (Å²) in [4.78, 5) is 6.90. The minimum atomic E-state index is 0.505. The van der Waals surface area contributed by atoms with Gasteiger partial charge in [-0.1, -0.05) is 42.5 Å². The van der Waals surface area contributed by atoms with Crippen LogP contribution in [0.25, 0.3) is 10.8 Å². The molecule has 1 aromatic heterocycles. The second kappa shape index (κ2) is 5.94. The molecule has 0 unspecified atom stereocenters. The molecule has 0 atom stereocenters. The van der Waals surface area contributed by atoms with E-state index >= 15 is 0 Å². The fourth-order valence-corrected chi connectivity index (χ4v) is 2.68. The SMILES string of the molecule is CCN(c1ccccc1)c1ncc(CN)c2ccccc12. The van der Waals surface area contributed by atoms with Crippen molar-refractivity contribution >= 4 is 22.3 Å². The van der Waals surface area contributed by atoms with Crippen molar-refractivity contribution in [1.82, 2.24) is 4.98 Å². The highest BCUT2D eigenvalue weighted by molar-refractivity contribution is 5.95. The number of fused-ring (bicyclic) bond motifs is 1. The number of hydrogen-bond acceptors (Lipinski definition) is 3. The molecule has 2 N–H and O–H groups in total. The van der Waals surface area contributed by atoms with E-state index in [1.54, 1.807) is 0 Å². The average molecular weight is 277 g/mol. The Labute approximate surface area is 125 Å². The van der Waals surface area contributed by atoms with E-state index < -0.39 is 0 Å². The van der Waals surface area contributed by atoms with Crippen LogP contribution in [0.4, 0.5) is 11.5 Å². The van der Waals surface area contributed by atoms with Crippen LogP contribution in [0, 0.1) is 0 Å². The first-order valence-electron chi connectivity index (χ1n) is 7.24. The highest BCUT2D eigenvalue weighted by Gasteiger charge is 2.13. The third-order valence-electron chi connectivity index (χ3n) is 3.72. The van der Waals surface area contributed by atoms with E-state index in [-0.39, 0.29) is 0 Å². The molecule has 21 heavy (non-hydrogen) atoms. The number of rotatable bonds is 4. The standard InChI is InChI=1S/C18H19N3/c1-2-21(15-8-4-3-5-9-15)18-17-11-7-6-10-16(17)14(12-19)13-20-18/h3-11,13H,2,12,19H2,1H3. The van der Waals surface area contributed by atoms with Crippen LogP contribution in [0.1, 0.15) is 12.5 Å². The molecule has 2 aromatic carbocycles. The predicted molar refractivity (Wildman–Crippen MR) is 88.8 cm³/mol. The Morgan fingerprint density at radius 2 is 1.62 bits per heavy atom. The van der Waals surface area contributed by atoms with E-state index in [4.69, 9.17) is 5.73 Å². The van der Waals surface area contributed by atoms with Gasteiger partial charge in [0.25, 0.3) is 0 Å². The maximum absolute atomic E-state index is 5.83. The zero-order chi connectivity index (χ0) is 14.7. The van der Waals surface area contributed by atoms with Crippen LogP contribution in [0.2, 0.25) is 0 Å². The molecule has 0 amide bonds. The smallest absolute Gasteiger partial charge is 0.140 e. The van der Waals surface area contributed by atoms with Gasteiger partial charge in [0, 0.05) is 30.4 Å². The summed E-state index contributed by atoms with van der Waals surface area (Å²) < 4.78 is 0. The van der Waals surface area contributed by atoms with Crippen molar-refractivity contribution in [2.24, 2.45) is 5.73 Å². The summed E-state index contributed by atoms with van der Waals surface area (Å²) >= 11 is 0. The Hall–Kier alpha value is -2.39. The van der Waals surface area contributed by atoms with Crippen LogP contribution in [-0.4, -0.2) is 11.5 Å². The van der Waals surface area contributed by atoms with Gasteiger partial charge in [0.1, 0.15) is 5.82 Å². The zero-order valence-corrected chi connectivity index (χ0v) is 12.2. The lowest BCUT2D eigenvalue weighted by Crippen LogP contribution is -2.18. The van der Waals surface area contributed by atoms with Crippen LogP contribution in [-0.2, 0) is 6.54 Å². The topological polar surface area (TPSA) is 42.2 Å². The van der Waals surface area contributed by atoms with Crippen molar-refractivity contribution in [3.8, 4) is 0 Å². The highest BCUT2D eigenvalue weighted by atomic mass is 15.2. The molecule has 0 saturated carbocycles. The normalized spacial score (nSPS) is 10.8. The zero-order valence-electron chi connectivity index (χ0n) is 12.2. The molecule has 0 spiro atoms. The van der Waals surface area contributed by atoms with E-state index in [1.165, 1.54) is 5.39 Å². The number of para-hydroxylation sites is 1.